The van der Waals surface area contributed by atoms with Crippen molar-refractivity contribution in [1.29, 1.82) is 0 Å². The van der Waals surface area contributed by atoms with E-state index in [2.05, 4.69) is 33.4 Å². The van der Waals surface area contributed by atoms with Gasteiger partial charge in [-0.15, -0.1) is 0 Å². The van der Waals surface area contributed by atoms with Crippen molar-refractivity contribution in [2.75, 3.05) is 0 Å². The van der Waals surface area contributed by atoms with Gasteiger partial charge in [0, 0.05) is 0 Å². The molecule has 4 atom stereocenters. The lowest BCUT2D eigenvalue weighted by molar-refractivity contribution is 0.134. The van der Waals surface area contributed by atoms with Crippen LogP contribution in [0.5, 0.6) is 0 Å². The minimum Gasteiger partial charge on any atom is -0.0996 e. The van der Waals surface area contributed by atoms with Crippen molar-refractivity contribution < 1.29 is 0 Å². The number of rotatable bonds is 2. The Bertz CT molecular complexity index is 297. The minimum absolute atomic E-state index is 0.779. The lowest BCUT2D eigenvalue weighted by Crippen LogP contribution is -2.35. The Morgan fingerprint density at radius 1 is 1.38 bits per heavy atom. The fourth-order valence-corrected chi connectivity index (χ4v) is 3.79. The van der Waals surface area contributed by atoms with Gasteiger partial charge in [0.05, 0.1) is 0 Å². The summed E-state index contributed by atoms with van der Waals surface area (Å²) in [6.07, 6.45) is 9.28. The van der Waals surface area contributed by atoms with Crippen molar-refractivity contribution in [1.82, 2.24) is 0 Å². The maximum Gasteiger partial charge on any atom is -0.0134 e. The van der Waals surface area contributed by atoms with Crippen LogP contribution in [-0.4, -0.2) is 0 Å². The molecule has 0 heterocycles. The third-order valence-electron chi connectivity index (χ3n) is 4.95. The van der Waals surface area contributed by atoms with Gasteiger partial charge in [0.2, 0.25) is 0 Å². The van der Waals surface area contributed by atoms with Gasteiger partial charge in [-0.05, 0) is 62.7 Å². The Morgan fingerprint density at radius 3 is 2.81 bits per heavy atom. The fraction of sp³-hybridized carbons (Fsp3) is 0.750. The Labute approximate surface area is 101 Å². The first-order valence-corrected chi connectivity index (χ1v) is 6.98. The highest BCUT2D eigenvalue weighted by molar-refractivity contribution is 5.16. The predicted molar refractivity (Wildman–Crippen MR) is 71.3 cm³/mol. The average Bonchev–Trinajstić information content (AvgIpc) is 2.28. The van der Waals surface area contributed by atoms with E-state index in [1.54, 1.807) is 5.57 Å². The van der Waals surface area contributed by atoms with Crippen LogP contribution < -0.4 is 0 Å². The van der Waals surface area contributed by atoms with Crippen LogP contribution in [-0.2, 0) is 0 Å². The second-order valence-corrected chi connectivity index (χ2v) is 5.97. The van der Waals surface area contributed by atoms with Crippen LogP contribution >= 0.6 is 0 Å². The molecule has 16 heavy (non-hydrogen) atoms. The summed E-state index contributed by atoms with van der Waals surface area (Å²) in [4.78, 5) is 0. The van der Waals surface area contributed by atoms with Crippen LogP contribution in [0.2, 0.25) is 0 Å². The average molecular weight is 218 g/mol. The SMILES string of the molecule is C=C(CC)[C@H]1CC[C@@H](C)[C@@H]2CCC(C)=C[C@@H]21. The van der Waals surface area contributed by atoms with E-state index in [1.807, 2.05) is 0 Å². The van der Waals surface area contributed by atoms with Crippen LogP contribution in [0.25, 0.3) is 0 Å². The monoisotopic (exact) mass is 218 g/mol. The van der Waals surface area contributed by atoms with Crippen LogP contribution in [0.1, 0.15) is 52.9 Å². The van der Waals surface area contributed by atoms with Crippen molar-refractivity contribution in [3.63, 3.8) is 0 Å². The normalized spacial score (nSPS) is 38.8. The zero-order chi connectivity index (χ0) is 11.7. The maximum atomic E-state index is 4.31. The summed E-state index contributed by atoms with van der Waals surface area (Å²) in [5.41, 5.74) is 3.11. The lowest BCUT2D eigenvalue weighted by atomic mass is 9.61. The molecule has 0 aliphatic heterocycles. The number of hydrogen-bond donors (Lipinski definition) is 0. The zero-order valence-corrected chi connectivity index (χ0v) is 11.1. The maximum absolute atomic E-state index is 4.31. The summed E-state index contributed by atoms with van der Waals surface area (Å²) in [5, 5.41) is 0. The molecule has 0 heteroatoms. The van der Waals surface area contributed by atoms with E-state index < -0.39 is 0 Å². The Balaban J connectivity index is 2.22. The van der Waals surface area contributed by atoms with Gasteiger partial charge in [0.25, 0.3) is 0 Å². The van der Waals surface area contributed by atoms with Crippen LogP contribution in [0, 0.1) is 23.7 Å². The van der Waals surface area contributed by atoms with E-state index in [1.165, 1.54) is 31.3 Å². The van der Waals surface area contributed by atoms with E-state index in [9.17, 15) is 0 Å². The highest BCUT2D eigenvalue weighted by Crippen LogP contribution is 2.47. The second kappa shape index (κ2) is 4.77. The minimum atomic E-state index is 0.779. The van der Waals surface area contributed by atoms with Gasteiger partial charge in [0.15, 0.2) is 0 Å². The van der Waals surface area contributed by atoms with E-state index >= 15 is 0 Å². The molecule has 0 amide bonds. The van der Waals surface area contributed by atoms with Gasteiger partial charge in [-0.1, -0.05) is 37.6 Å². The second-order valence-electron chi connectivity index (χ2n) is 5.97. The molecule has 2 rings (SSSR count). The molecule has 0 saturated heterocycles. The van der Waals surface area contributed by atoms with Crippen molar-refractivity contribution in [2.45, 2.75) is 52.9 Å². The Kier molecular flexibility index (Phi) is 3.56. The molecule has 0 unspecified atom stereocenters. The van der Waals surface area contributed by atoms with E-state index in [-0.39, 0.29) is 0 Å². The summed E-state index contributed by atoms with van der Waals surface area (Å²) >= 11 is 0. The molecular weight excluding hydrogens is 192 g/mol. The van der Waals surface area contributed by atoms with Crippen LogP contribution in [0.4, 0.5) is 0 Å². The molecule has 2 aliphatic rings. The Morgan fingerprint density at radius 2 is 2.12 bits per heavy atom. The third kappa shape index (κ3) is 2.12. The summed E-state index contributed by atoms with van der Waals surface area (Å²) in [7, 11) is 0. The molecule has 2 aliphatic carbocycles. The molecule has 90 valence electrons. The lowest BCUT2D eigenvalue weighted by Gasteiger charge is -2.44. The molecule has 0 aromatic heterocycles. The van der Waals surface area contributed by atoms with Gasteiger partial charge >= 0.3 is 0 Å². The molecule has 0 radical (unpaired) electrons. The molecule has 0 aromatic rings. The standard InChI is InChI=1S/C16H26/c1-5-12(3)14-9-7-13(4)15-8-6-11(2)10-16(14)15/h10,13-16H,3,5-9H2,1-2,4H3/t13-,14-,15+,16-/m1/s1. The first-order valence-electron chi connectivity index (χ1n) is 6.98. The van der Waals surface area contributed by atoms with Crippen LogP contribution in [0.3, 0.4) is 0 Å². The van der Waals surface area contributed by atoms with Gasteiger partial charge in [0.1, 0.15) is 0 Å². The summed E-state index contributed by atoms with van der Waals surface area (Å²) < 4.78 is 0. The van der Waals surface area contributed by atoms with Gasteiger partial charge in [-0.2, -0.15) is 0 Å². The largest absolute Gasteiger partial charge is 0.0996 e. The van der Waals surface area contributed by atoms with E-state index in [0.717, 1.165) is 30.1 Å². The highest BCUT2D eigenvalue weighted by Gasteiger charge is 2.38. The number of allylic oxidation sites excluding steroid dienone is 3. The first kappa shape index (κ1) is 12.0. The van der Waals surface area contributed by atoms with E-state index in [0.29, 0.717) is 0 Å². The van der Waals surface area contributed by atoms with E-state index in [4.69, 9.17) is 0 Å². The summed E-state index contributed by atoms with van der Waals surface area (Å²) in [5.74, 6) is 3.45. The highest BCUT2D eigenvalue weighted by atomic mass is 14.4. The Hall–Kier alpha value is -0.520. The number of hydrogen-bond acceptors (Lipinski definition) is 0. The summed E-state index contributed by atoms with van der Waals surface area (Å²) in [6, 6.07) is 0. The topological polar surface area (TPSA) is 0 Å². The zero-order valence-electron chi connectivity index (χ0n) is 11.1. The van der Waals surface area contributed by atoms with Gasteiger partial charge in [-0.25, -0.2) is 0 Å². The molecule has 1 saturated carbocycles. The fourth-order valence-electron chi connectivity index (χ4n) is 3.79. The quantitative estimate of drug-likeness (QED) is 0.574. The van der Waals surface area contributed by atoms with Gasteiger partial charge < -0.3 is 0 Å². The third-order valence-corrected chi connectivity index (χ3v) is 4.95. The molecule has 0 spiro atoms. The molecule has 0 bridgehead atoms. The first-order chi connectivity index (χ1) is 7.63. The van der Waals surface area contributed by atoms with Crippen molar-refractivity contribution >= 4 is 0 Å². The summed E-state index contributed by atoms with van der Waals surface area (Å²) in [6.45, 7) is 11.3. The molecule has 0 nitrogen and oxygen atoms in total. The molecule has 1 fully saturated rings. The smallest absolute Gasteiger partial charge is 0.0134 e. The van der Waals surface area contributed by atoms with Crippen molar-refractivity contribution in [3.8, 4) is 0 Å². The number of fused-ring (bicyclic) bond motifs is 1. The van der Waals surface area contributed by atoms with Gasteiger partial charge in [-0.3, -0.25) is 0 Å². The van der Waals surface area contributed by atoms with Crippen LogP contribution in [0.15, 0.2) is 23.8 Å². The van der Waals surface area contributed by atoms with Crippen molar-refractivity contribution in [3.05, 3.63) is 23.8 Å². The molecule has 0 N–H and O–H groups in total. The van der Waals surface area contributed by atoms with Crippen molar-refractivity contribution in [2.24, 2.45) is 23.7 Å². The molecule has 0 aromatic carbocycles. The molecular formula is C16H26. The predicted octanol–water partition coefficient (Wildman–Crippen LogP) is 4.97.